The zero-order valence-electron chi connectivity index (χ0n) is 20.2. The minimum absolute atomic E-state index is 0.103. The quantitative estimate of drug-likeness (QED) is 0.112. The first-order valence-electron chi connectivity index (χ1n) is 11.3. The maximum Gasteiger partial charge on any atom is 0.360 e. The first-order valence-corrected chi connectivity index (χ1v) is 19.3. The summed E-state index contributed by atoms with van der Waals surface area (Å²) in [5.41, 5.74) is -2.22. The van der Waals surface area contributed by atoms with Crippen LogP contribution in [0, 0.1) is 5.92 Å². The second-order valence-corrected chi connectivity index (χ2v) is 17.3. The van der Waals surface area contributed by atoms with Crippen molar-refractivity contribution in [3.8, 4) is 0 Å². The van der Waals surface area contributed by atoms with E-state index >= 15 is 0 Å². The Morgan fingerprint density at radius 2 is 1.34 bits per heavy atom. The number of nitrogens with one attached hydrogen (secondary N) is 2. The molecule has 0 amide bonds. The van der Waals surface area contributed by atoms with Crippen LogP contribution in [0.3, 0.4) is 0 Å². The van der Waals surface area contributed by atoms with Crippen LogP contribution in [0.25, 0.3) is 0 Å². The maximum absolute atomic E-state index is 11.2. The molecule has 38 heavy (non-hydrogen) atoms. The van der Waals surface area contributed by atoms with Crippen molar-refractivity contribution >= 4 is 67.3 Å². The highest BCUT2D eigenvalue weighted by Crippen LogP contribution is 2.58. The third kappa shape index (κ3) is 14.7. The molecule has 0 bridgehead atoms. The minimum Gasteiger partial charge on any atom is -0.360 e. The van der Waals surface area contributed by atoms with Crippen molar-refractivity contribution in [1.29, 1.82) is 0 Å². The van der Waals surface area contributed by atoms with E-state index in [0.717, 1.165) is 25.0 Å². The summed E-state index contributed by atoms with van der Waals surface area (Å²) >= 11 is 8.33. The largest absolute Gasteiger partial charge is 0.360 e. The van der Waals surface area contributed by atoms with E-state index in [1.165, 1.54) is 0 Å². The van der Waals surface area contributed by atoms with Gasteiger partial charge in [0.25, 0.3) is 0 Å². The molecule has 0 aromatic heterocycles. The van der Waals surface area contributed by atoms with E-state index in [1.807, 2.05) is 0 Å². The van der Waals surface area contributed by atoms with Crippen LogP contribution < -0.4 is 10.6 Å². The molecule has 224 valence electrons. The van der Waals surface area contributed by atoms with E-state index in [0.29, 0.717) is 44.1 Å². The standard InChI is InChI=1S/C9H20N2O6P2S.C7H16N2O6P2S/c12-18(13,14)9(19(15,16)17)11-8-4-3-7(6-10-8)2-1-5-20;10-16(11,12)4-7(17(13,14)15)9-6-2-1-5(18)3-8-6/h7,9,20H,1-6H2,(H,10,11)(H2,12,13,14)(H2,15,16,17);5,7,18H,1-4H2,(H,8,9)(H2,10,11,12)(H2,13,14,15). The summed E-state index contributed by atoms with van der Waals surface area (Å²) in [4.78, 5) is 79.9. The number of thiol groups is 2. The van der Waals surface area contributed by atoms with Crippen molar-refractivity contribution in [3.63, 3.8) is 0 Å². The zero-order valence-corrected chi connectivity index (χ0v) is 25.5. The lowest BCUT2D eigenvalue weighted by atomic mass is 9.95. The van der Waals surface area contributed by atoms with Gasteiger partial charge in [-0.2, -0.15) is 25.3 Å². The molecule has 0 aliphatic carbocycles. The first-order chi connectivity index (χ1) is 17.2. The Morgan fingerprint density at radius 1 is 0.816 bits per heavy atom. The van der Waals surface area contributed by atoms with Gasteiger partial charge in [-0.05, 0) is 37.4 Å². The molecule has 0 spiro atoms. The summed E-state index contributed by atoms with van der Waals surface area (Å²) in [7, 11) is -19.1. The predicted octanol–water partition coefficient (Wildman–Crippen LogP) is 0.482. The average Bonchev–Trinajstić information content (AvgIpc) is 2.75. The van der Waals surface area contributed by atoms with Gasteiger partial charge in [-0.3, -0.25) is 28.2 Å². The van der Waals surface area contributed by atoms with Crippen molar-refractivity contribution in [1.82, 2.24) is 10.6 Å². The Balaban J connectivity index is 0.000000382. The van der Waals surface area contributed by atoms with Crippen LogP contribution in [0.4, 0.5) is 0 Å². The van der Waals surface area contributed by atoms with Gasteiger partial charge in [-0.25, -0.2) is 0 Å². The molecule has 0 aromatic carbocycles. The van der Waals surface area contributed by atoms with Crippen LogP contribution in [0.5, 0.6) is 0 Å². The summed E-state index contributed by atoms with van der Waals surface area (Å²) in [5, 5.41) is 4.76. The Hall–Kier alpha value is 0.240. The molecule has 2 aliphatic heterocycles. The molecule has 0 fully saturated rings. The molecule has 0 radical (unpaired) electrons. The highest BCUT2D eigenvalue weighted by Gasteiger charge is 2.44. The van der Waals surface area contributed by atoms with Gasteiger partial charge in [0.15, 0.2) is 0 Å². The number of rotatable bonds is 10. The van der Waals surface area contributed by atoms with E-state index in [4.69, 9.17) is 39.1 Å². The third-order valence-corrected chi connectivity index (χ3v) is 11.7. The van der Waals surface area contributed by atoms with Gasteiger partial charge in [0.1, 0.15) is 5.78 Å². The molecule has 2 heterocycles. The van der Waals surface area contributed by atoms with E-state index in [-0.39, 0.29) is 11.1 Å². The number of hydrogen-bond donors (Lipinski definition) is 12. The van der Waals surface area contributed by atoms with Crippen LogP contribution in [-0.2, 0) is 18.3 Å². The second-order valence-electron chi connectivity index (χ2n) is 8.83. The molecule has 0 saturated heterocycles. The highest BCUT2D eigenvalue weighted by molar-refractivity contribution is 7.81. The molecule has 2 rings (SSSR count). The molecule has 22 heteroatoms. The monoisotopic (exact) mass is 664 g/mol. The fraction of sp³-hybridized carbons (Fsp3) is 0.875. The normalized spacial score (nSPS) is 22.1. The van der Waals surface area contributed by atoms with Gasteiger partial charge < -0.3 is 49.8 Å². The molecule has 0 aromatic rings. The summed E-state index contributed by atoms with van der Waals surface area (Å²) in [6.45, 7) is 0.903. The summed E-state index contributed by atoms with van der Waals surface area (Å²) < 4.78 is 44.3. The lowest BCUT2D eigenvalue weighted by Crippen LogP contribution is -2.39. The smallest absolute Gasteiger partial charge is 0.360 e. The molecule has 2 aliphatic rings. The molecule has 10 N–H and O–H groups in total. The predicted molar refractivity (Wildman–Crippen MR) is 149 cm³/mol. The zero-order chi connectivity index (χ0) is 29.4. The average molecular weight is 665 g/mol. The number of aliphatic imine (C=N–C) groups is 2. The van der Waals surface area contributed by atoms with Crippen LogP contribution in [0.1, 0.15) is 38.5 Å². The highest BCUT2D eigenvalue weighted by atomic mass is 32.1. The fourth-order valence-corrected chi connectivity index (χ4v) is 8.40. The van der Waals surface area contributed by atoms with Crippen LogP contribution in [-0.4, -0.2) is 92.4 Å². The molecule has 3 unspecified atom stereocenters. The summed E-state index contributed by atoms with van der Waals surface area (Å²) in [5.74, 6) is 0.153. The minimum atomic E-state index is -4.96. The van der Waals surface area contributed by atoms with Crippen molar-refractivity contribution in [2.75, 3.05) is 25.0 Å². The maximum atomic E-state index is 11.2. The SMILES string of the molecule is O=P(O)(O)C(NC1=NCC(CCCS)CC1)P(=O)(O)O.O=P(O)(O)CC(NC1=NCC(S)CC1)P(=O)(O)O. The summed E-state index contributed by atoms with van der Waals surface area (Å²) in [6.07, 6.45) is 3.36. The number of nitrogens with zero attached hydrogens (tertiary/aromatic N) is 2. The lowest BCUT2D eigenvalue weighted by molar-refractivity contribution is 0.333. The van der Waals surface area contributed by atoms with Crippen LogP contribution in [0.2, 0.25) is 0 Å². The first kappa shape index (κ1) is 36.3. The van der Waals surface area contributed by atoms with Crippen LogP contribution >= 0.6 is 55.6 Å². The molecular weight excluding hydrogens is 628 g/mol. The third-order valence-electron chi connectivity index (χ3n) is 5.39. The Bertz CT molecular complexity index is 1000. The van der Waals surface area contributed by atoms with Gasteiger partial charge >= 0.3 is 30.4 Å². The molecular formula is C16H36N4O12P4S2. The van der Waals surface area contributed by atoms with Crippen molar-refractivity contribution in [2.45, 2.75) is 55.1 Å². The van der Waals surface area contributed by atoms with Crippen molar-refractivity contribution in [3.05, 3.63) is 0 Å². The lowest BCUT2D eigenvalue weighted by Gasteiger charge is -2.26. The molecule has 0 saturated carbocycles. The van der Waals surface area contributed by atoms with E-state index in [1.54, 1.807) is 0 Å². The van der Waals surface area contributed by atoms with Crippen molar-refractivity contribution in [2.24, 2.45) is 15.9 Å². The Labute approximate surface area is 231 Å². The van der Waals surface area contributed by atoms with Gasteiger partial charge in [0.2, 0.25) is 5.52 Å². The fourth-order valence-electron chi connectivity index (χ4n) is 3.46. The van der Waals surface area contributed by atoms with Gasteiger partial charge in [-0.15, -0.1) is 0 Å². The van der Waals surface area contributed by atoms with Gasteiger partial charge in [0, 0.05) is 24.6 Å². The summed E-state index contributed by atoms with van der Waals surface area (Å²) in [6, 6.07) is 0. The second kappa shape index (κ2) is 15.5. The molecule has 3 atom stereocenters. The Morgan fingerprint density at radius 3 is 1.74 bits per heavy atom. The van der Waals surface area contributed by atoms with E-state index < -0.39 is 47.9 Å². The van der Waals surface area contributed by atoms with Gasteiger partial charge in [-0.1, -0.05) is 0 Å². The van der Waals surface area contributed by atoms with Crippen molar-refractivity contribution < 1.29 is 57.4 Å². The van der Waals surface area contributed by atoms with E-state index in [2.05, 4.69) is 45.9 Å². The number of amidine groups is 2. The molecule has 16 nitrogen and oxygen atoms in total. The van der Waals surface area contributed by atoms with Crippen LogP contribution in [0.15, 0.2) is 9.98 Å². The topological polar surface area (TPSA) is 279 Å². The number of hydrogen-bond acceptors (Lipinski definition) is 10. The van der Waals surface area contributed by atoms with Gasteiger partial charge in [0.05, 0.1) is 24.4 Å². The Kier molecular flexibility index (Phi) is 14.8. The van der Waals surface area contributed by atoms with E-state index in [9.17, 15) is 18.3 Å².